The number of aromatic nitrogens is 1. The molecule has 90 valence electrons. The molecule has 4 heteroatoms. The first-order chi connectivity index (χ1) is 7.81. The Morgan fingerprint density at radius 2 is 2.31 bits per heavy atom. The standard InChI is InChI=1S/C12H20N2OS/c1-9(10-3-5-13-6-4-10)11-8-16-12(14-11)7-15-2/h8-10,13H,3-7H2,1-2H3. The van der Waals surface area contributed by atoms with Gasteiger partial charge in [-0.2, -0.15) is 0 Å². The first kappa shape index (κ1) is 12.0. The Kier molecular flexibility index (Phi) is 4.32. The highest BCUT2D eigenvalue weighted by Gasteiger charge is 2.22. The Bertz CT molecular complexity index is 321. The van der Waals surface area contributed by atoms with Crippen LogP contribution in [0, 0.1) is 5.92 Å². The smallest absolute Gasteiger partial charge is 0.119 e. The lowest BCUT2D eigenvalue weighted by molar-refractivity contribution is 0.184. The molecule has 1 aromatic rings. The molecule has 1 atom stereocenters. The number of piperidine rings is 1. The summed E-state index contributed by atoms with van der Waals surface area (Å²) in [5.74, 6) is 1.38. The molecule has 0 saturated carbocycles. The maximum Gasteiger partial charge on any atom is 0.119 e. The molecule has 1 aromatic heterocycles. The van der Waals surface area contributed by atoms with Crippen molar-refractivity contribution in [3.05, 3.63) is 16.1 Å². The van der Waals surface area contributed by atoms with Crippen molar-refractivity contribution < 1.29 is 4.74 Å². The molecule has 0 aromatic carbocycles. The molecule has 2 heterocycles. The van der Waals surface area contributed by atoms with E-state index in [0.717, 1.165) is 24.0 Å². The SMILES string of the molecule is COCc1nc(C(C)C2CCNCC2)cs1. The third kappa shape index (κ3) is 2.81. The average molecular weight is 240 g/mol. The van der Waals surface area contributed by atoms with Gasteiger partial charge in [-0.15, -0.1) is 11.3 Å². The summed E-state index contributed by atoms with van der Waals surface area (Å²) >= 11 is 1.71. The zero-order valence-electron chi connectivity index (χ0n) is 10.0. The molecular formula is C12H20N2OS. The quantitative estimate of drug-likeness (QED) is 0.877. The molecule has 1 aliphatic rings. The van der Waals surface area contributed by atoms with Crippen LogP contribution in [0.2, 0.25) is 0 Å². The van der Waals surface area contributed by atoms with Crippen LogP contribution in [0.25, 0.3) is 0 Å². The molecule has 0 bridgehead atoms. The molecular weight excluding hydrogens is 220 g/mol. The van der Waals surface area contributed by atoms with Gasteiger partial charge in [0.2, 0.25) is 0 Å². The Balaban J connectivity index is 1.98. The molecule has 0 radical (unpaired) electrons. The Hall–Kier alpha value is -0.450. The van der Waals surface area contributed by atoms with Crippen molar-refractivity contribution in [3.63, 3.8) is 0 Å². The van der Waals surface area contributed by atoms with Crippen LogP contribution in [0.4, 0.5) is 0 Å². The molecule has 16 heavy (non-hydrogen) atoms. The fourth-order valence-corrected chi connectivity index (χ4v) is 3.18. The summed E-state index contributed by atoms with van der Waals surface area (Å²) in [4.78, 5) is 4.65. The van der Waals surface area contributed by atoms with E-state index in [2.05, 4.69) is 22.6 Å². The van der Waals surface area contributed by atoms with Gasteiger partial charge in [-0.25, -0.2) is 4.98 Å². The lowest BCUT2D eigenvalue weighted by atomic mass is 9.84. The molecule has 1 aliphatic heterocycles. The van der Waals surface area contributed by atoms with E-state index in [1.807, 2.05) is 0 Å². The predicted octanol–water partition coefficient (Wildman–Crippen LogP) is 2.39. The van der Waals surface area contributed by atoms with E-state index < -0.39 is 0 Å². The summed E-state index contributed by atoms with van der Waals surface area (Å²) in [6, 6.07) is 0. The van der Waals surface area contributed by atoms with Crippen molar-refractivity contribution in [1.29, 1.82) is 0 Å². The zero-order valence-corrected chi connectivity index (χ0v) is 10.8. The van der Waals surface area contributed by atoms with Gasteiger partial charge in [-0.3, -0.25) is 0 Å². The third-order valence-corrected chi connectivity index (χ3v) is 4.24. The summed E-state index contributed by atoms with van der Waals surface area (Å²) < 4.78 is 5.10. The van der Waals surface area contributed by atoms with E-state index in [9.17, 15) is 0 Å². The highest BCUT2D eigenvalue weighted by atomic mass is 32.1. The van der Waals surface area contributed by atoms with Gasteiger partial charge in [-0.05, 0) is 31.8 Å². The van der Waals surface area contributed by atoms with E-state index in [1.165, 1.54) is 18.5 Å². The number of ether oxygens (including phenoxy) is 1. The minimum atomic E-state index is 0.587. The van der Waals surface area contributed by atoms with Gasteiger partial charge in [-0.1, -0.05) is 6.92 Å². The van der Waals surface area contributed by atoms with Crippen LogP contribution in [-0.4, -0.2) is 25.2 Å². The monoisotopic (exact) mass is 240 g/mol. The van der Waals surface area contributed by atoms with E-state index >= 15 is 0 Å². The Morgan fingerprint density at radius 1 is 1.56 bits per heavy atom. The normalized spacial score (nSPS) is 19.9. The van der Waals surface area contributed by atoms with Crippen LogP contribution in [0.5, 0.6) is 0 Å². The van der Waals surface area contributed by atoms with Gasteiger partial charge in [0.1, 0.15) is 5.01 Å². The van der Waals surface area contributed by atoms with E-state index in [1.54, 1.807) is 18.4 Å². The summed E-state index contributed by atoms with van der Waals surface area (Å²) in [6.07, 6.45) is 2.55. The Morgan fingerprint density at radius 3 is 3.00 bits per heavy atom. The maximum atomic E-state index is 5.10. The van der Waals surface area contributed by atoms with Gasteiger partial charge >= 0.3 is 0 Å². The van der Waals surface area contributed by atoms with Crippen molar-refractivity contribution in [2.75, 3.05) is 20.2 Å². The van der Waals surface area contributed by atoms with Crippen molar-refractivity contribution in [2.45, 2.75) is 32.3 Å². The number of hydrogen-bond donors (Lipinski definition) is 1. The van der Waals surface area contributed by atoms with Crippen LogP contribution in [0.1, 0.15) is 36.4 Å². The lowest BCUT2D eigenvalue weighted by Gasteiger charge is -2.27. The van der Waals surface area contributed by atoms with Crippen LogP contribution < -0.4 is 5.32 Å². The minimum Gasteiger partial charge on any atom is -0.378 e. The average Bonchev–Trinajstić information content (AvgIpc) is 2.78. The summed E-state index contributed by atoms with van der Waals surface area (Å²) in [6.45, 7) is 5.26. The number of thiazole rings is 1. The molecule has 2 rings (SSSR count). The summed E-state index contributed by atoms with van der Waals surface area (Å²) in [5, 5.41) is 6.70. The van der Waals surface area contributed by atoms with Crippen LogP contribution >= 0.6 is 11.3 Å². The zero-order chi connectivity index (χ0) is 11.4. The lowest BCUT2D eigenvalue weighted by Crippen LogP contribution is -2.30. The third-order valence-electron chi connectivity index (χ3n) is 3.39. The van der Waals surface area contributed by atoms with E-state index in [4.69, 9.17) is 4.74 Å². The second kappa shape index (κ2) is 5.75. The summed E-state index contributed by atoms with van der Waals surface area (Å²) in [7, 11) is 1.72. The highest BCUT2D eigenvalue weighted by Crippen LogP contribution is 2.31. The fourth-order valence-electron chi connectivity index (χ4n) is 2.31. The number of nitrogens with one attached hydrogen (secondary N) is 1. The van der Waals surface area contributed by atoms with Crippen molar-refractivity contribution >= 4 is 11.3 Å². The van der Waals surface area contributed by atoms with E-state index in [-0.39, 0.29) is 0 Å². The molecule has 1 unspecified atom stereocenters. The van der Waals surface area contributed by atoms with Gasteiger partial charge < -0.3 is 10.1 Å². The van der Waals surface area contributed by atoms with Crippen LogP contribution in [0.15, 0.2) is 5.38 Å². The molecule has 0 spiro atoms. The van der Waals surface area contributed by atoms with Gasteiger partial charge in [0.15, 0.2) is 0 Å². The van der Waals surface area contributed by atoms with E-state index in [0.29, 0.717) is 12.5 Å². The first-order valence-electron chi connectivity index (χ1n) is 5.95. The van der Waals surface area contributed by atoms with Gasteiger partial charge in [0.05, 0.1) is 12.3 Å². The van der Waals surface area contributed by atoms with Gasteiger partial charge in [0, 0.05) is 18.4 Å². The topological polar surface area (TPSA) is 34.1 Å². The molecule has 3 nitrogen and oxygen atoms in total. The molecule has 1 saturated heterocycles. The van der Waals surface area contributed by atoms with Crippen LogP contribution in [0.3, 0.4) is 0 Å². The molecule has 1 N–H and O–H groups in total. The number of methoxy groups -OCH3 is 1. The minimum absolute atomic E-state index is 0.587. The van der Waals surface area contributed by atoms with Crippen molar-refractivity contribution in [3.8, 4) is 0 Å². The van der Waals surface area contributed by atoms with Gasteiger partial charge in [0.25, 0.3) is 0 Å². The number of nitrogens with zero attached hydrogens (tertiary/aromatic N) is 1. The van der Waals surface area contributed by atoms with Crippen molar-refractivity contribution in [1.82, 2.24) is 10.3 Å². The fraction of sp³-hybridized carbons (Fsp3) is 0.750. The first-order valence-corrected chi connectivity index (χ1v) is 6.83. The Labute approximate surface area is 101 Å². The number of hydrogen-bond acceptors (Lipinski definition) is 4. The van der Waals surface area contributed by atoms with Crippen LogP contribution in [-0.2, 0) is 11.3 Å². The van der Waals surface area contributed by atoms with Crippen molar-refractivity contribution in [2.24, 2.45) is 5.92 Å². The highest BCUT2D eigenvalue weighted by molar-refractivity contribution is 7.09. The second-order valence-electron chi connectivity index (χ2n) is 4.48. The molecule has 0 amide bonds. The maximum absolute atomic E-state index is 5.10. The largest absolute Gasteiger partial charge is 0.378 e. The molecule has 1 fully saturated rings. The second-order valence-corrected chi connectivity index (χ2v) is 5.42. The number of rotatable bonds is 4. The molecule has 0 aliphatic carbocycles. The summed E-state index contributed by atoms with van der Waals surface area (Å²) in [5.41, 5.74) is 1.25. The predicted molar refractivity (Wildman–Crippen MR) is 66.8 cm³/mol.